The molecule has 0 spiro atoms. The van der Waals surface area contributed by atoms with Crippen molar-refractivity contribution in [3.8, 4) is 0 Å². The first kappa shape index (κ1) is 11.9. The average molecular weight is 236 g/mol. The third-order valence-electron chi connectivity index (χ3n) is 3.22. The van der Waals surface area contributed by atoms with Crippen molar-refractivity contribution in [2.24, 2.45) is 5.73 Å². The second kappa shape index (κ2) is 4.73. The first-order valence-electron chi connectivity index (χ1n) is 5.58. The summed E-state index contributed by atoms with van der Waals surface area (Å²) in [6, 6.07) is 7.23. The van der Waals surface area contributed by atoms with Crippen molar-refractivity contribution in [3.63, 3.8) is 0 Å². The van der Waals surface area contributed by atoms with Gasteiger partial charge in [-0.25, -0.2) is 4.79 Å². The maximum atomic E-state index is 11.2. The van der Waals surface area contributed by atoms with Gasteiger partial charge in [0.2, 0.25) is 0 Å². The molecule has 1 aromatic carbocycles. The number of hydrogen-bond donors (Lipinski definition) is 3. The van der Waals surface area contributed by atoms with Crippen molar-refractivity contribution >= 4 is 6.09 Å². The number of aliphatic hydroxyl groups is 1. The molecule has 4 N–H and O–H groups in total. The molecule has 1 aliphatic rings. The number of nitrogens with zero attached hydrogens (tertiary/aromatic N) is 1. The van der Waals surface area contributed by atoms with Crippen LogP contribution in [0.3, 0.4) is 0 Å². The molecule has 0 saturated heterocycles. The topological polar surface area (TPSA) is 86.8 Å². The van der Waals surface area contributed by atoms with Crippen LogP contribution in [-0.4, -0.2) is 39.9 Å². The lowest BCUT2D eigenvalue weighted by atomic mass is 9.91. The Labute approximate surface area is 99.5 Å². The van der Waals surface area contributed by atoms with Crippen molar-refractivity contribution in [2.45, 2.75) is 25.1 Å². The SMILES string of the molecule is NC[C@H](O)C1Cc2ccccc2CN1C(=O)O. The Kier molecular flexibility index (Phi) is 3.31. The molecule has 0 aromatic heterocycles. The van der Waals surface area contributed by atoms with Gasteiger partial charge in [0.25, 0.3) is 0 Å². The van der Waals surface area contributed by atoms with E-state index in [4.69, 9.17) is 10.8 Å². The van der Waals surface area contributed by atoms with Crippen LogP contribution in [0.5, 0.6) is 0 Å². The van der Waals surface area contributed by atoms with E-state index >= 15 is 0 Å². The number of carboxylic acid groups (broad SMARTS) is 1. The molecule has 0 bridgehead atoms. The van der Waals surface area contributed by atoms with Gasteiger partial charge in [-0.15, -0.1) is 0 Å². The Morgan fingerprint density at radius 1 is 1.47 bits per heavy atom. The quantitative estimate of drug-likeness (QED) is 0.694. The lowest BCUT2D eigenvalue weighted by Crippen LogP contribution is -2.52. The highest BCUT2D eigenvalue weighted by Crippen LogP contribution is 2.24. The first-order chi connectivity index (χ1) is 8.13. The highest BCUT2D eigenvalue weighted by atomic mass is 16.4. The lowest BCUT2D eigenvalue weighted by molar-refractivity contribution is 0.0431. The molecule has 17 heavy (non-hydrogen) atoms. The summed E-state index contributed by atoms with van der Waals surface area (Å²) in [7, 11) is 0. The van der Waals surface area contributed by atoms with E-state index < -0.39 is 18.2 Å². The third kappa shape index (κ3) is 2.25. The lowest BCUT2D eigenvalue weighted by Gasteiger charge is -2.37. The summed E-state index contributed by atoms with van der Waals surface area (Å²) in [5.74, 6) is 0. The molecular formula is C12H16N2O3. The van der Waals surface area contributed by atoms with Crippen LogP contribution >= 0.6 is 0 Å². The van der Waals surface area contributed by atoms with E-state index in [2.05, 4.69) is 0 Å². The number of hydrogen-bond acceptors (Lipinski definition) is 3. The van der Waals surface area contributed by atoms with Gasteiger partial charge in [-0.2, -0.15) is 0 Å². The molecule has 0 aliphatic carbocycles. The monoisotopic (exact) mass is 236 g/mol. The predicted octanol–water partition coefficient (Wildman–Crippen LogP) is 0.411. The minimum absolute atomic E-state index is 0.0661. The summed E-state index contributed by atoms with van der Waals surface area (Å²) in [6.07, 6.45) is -1.32. The zero-order valence-electron chi connectivity index (χ0n) is 9.41. The molecule has 2 rings (SSSR count). The summed E-state index contributed by atoms with van der Waals surface area (Å²) < 4.78 is 0. The zero-order chi connectivity index (χ0) is 12.4. The molecule has 0 fully saturated rings. The van der Waals surface area contributed by atoms with Crippen LogP contribution in [0.15, 0.2) is 24.3 Å². The van der Waals surface area contributed by atoms with Gasteiger partial charge in [-0.3, -0.25) is 4.90 Å². The third-order valence-corrected chi connectivity index (χ3v) is 3.22. The minimum atomic E-state index is -1.02. The summed E-state index contributed by atoms with van der Waals surface area (Å²) in [5, 5.41) is 19.0. The van der Waals surface area contributed by atoms with Crippen LogP contribution in [0.2, 0.25) is 0 Å². The zero-order valence-corrected chi connectivity index (χ0v) is 9.41. The number of fused-ring (bicyclic) bond motifs is 1. The largest absolute Gasteiger partial charge is 0.465 e. The van der Waals surface area contributed by atoms with Gasteiger partial charge < -0.3 is 15.9 Å². The van der Waals surface area contributed by atoms with Crippen LogP contribution < -0.4 is 5.73 Å². The summed E-state index contributed by atoms with van der Waals surface area (Å²) >= 11 is 0. The van der Waals surface area contributed by atoms with Crippen molar-refractivity contribution in [1.29, 1.82) is 0 Å². The van der Waals surface area contributed by atoms with Gasteiger partial charge in [0.05, 0.1) is 12.1 Å². The molecular weight excluding hydrogens is 220 g/mol. The van der Waals surface area contributed by atoms with Crippen LogP contribution in [-0.2, 0) is 13.0 Å². The average Bonchev–Trinajstić information content (AvgIpc) is 2.36. The fourth-order valence-electron chi connectivity index (χ4n) is 2.26. The Morgan fingerprint density at radius 3 is 2.71 bits per heavy atom. The standard InChI is InChI=1S/C12H16N2O3/c13-6-11(15)10-5-8-3-1-2-4-9(8)7-14(10)12(16)17/h1-4,10-11,15H,5-7,13H2,(H,16,17)/t10?,11-/m0/s1. The van der Waals surface area contributed by atoms with Gasteiger partial charge in [0, 0.05) is 13.1 Å². The fourth-order valence-corrected chi connectivity index (χ4v) is 2.26. The summed E-state index contributed by atoms with van der Waals surface area (Å²) in [5.41, 5.74) is 7.50. The van der Waals surface area contributed by atoms with Gasteiger partial charge in [-0.05, 0) is 17.5 Å². The molecule has 5 heteroatoms. The molecule has 92 valence electrons. The maximum absolute atomic E-state index is 11.2. The number of aliphatic hydroxyl groups excluding tert-OH is 1. The molecule has 1 aromatic rings. The van der Waals surface area contributed by atoms with Gasteiger partial charge in [-0.1, -0.05) is 24.3 Å². The smallest absolute Gasteiger partial charge is 0.407 e. The van der Waals surface area contributed by atoms with Gasteiger partial charge in [0.1, 0.15) is 0 Å². The van der Waals surface area contributed by atoms with Crippen LogP contribution in [0.4, 0.5) is 4.79 Å². The van der Waals surface area contributed by atoms with Crippen LogP contribution in [0.1, 0.15) is 11.1 Å². The van der Waals surface area contributed by atoms with E-state index in [1.807, 2.05) is 24.3 Å². The van der Waals surface area contributed by atoms with E-state index in [0.717, 1.165) is 11.1 Å². The number of rotatable bonds is 2. The number of amides is 1. The van der Waals surface area contributed by atoms with E-state index in [1.54, 1.807) is 0 Å². The minimum Gasteiger partial charge on any atom is -0.465 e. The van der Waals surface area contributed by atoms with Crippen LogP contribution in [0.25, 0.3) is 0 Å². The van der Waals surface area contributed by atoms with Crippen molar-refractivity contribution in [2.75, 3.05) is 6.54 Å². The molecule has 5 nitrogen and oxygen atoms in total. The summed E-state index contributed by atoms with van der Waals surface area (Å²) in [6.45, 7) is 0.379. The van der Waals surface area contributed by atoms with Crippen molar-refractivity contribution in [1.82, 2.24) is 4.90 Å². The van der Waals surface area contributed by atoms with Crippen LogP contribution in [0, 0.1) is 0 Å². The Morgan fingerprint density at radius 2 is 2.12 bits per heavy atom. The molecule has 0 radical (unpaired) electrons. The van der Waals surface area contributed by atoms with Crippen molar-refractivity contribution in [3.05, 3.63) is 35.4 Å². The Hall–Kier alpha value is -1.59. The summed E-state index contributed by atoms with van der Waals surface area (Å²) in [4.78, 5) is 12.4. The number of carbonyl (C=O) groups is 1. The fraction of sp³-hybridized carbons (Fsp3) is 0.417. The number of nitrogens with two attached hydrogens (primary N) is 1. The highest BCUT2D eigenvalue weighted by Gasteiger charge is 2.33. The number of benzene rings is 1. The Bertz CT molecular complexity index is 422. The predicted molar refractivity (Wildman–Crippen MR) is 62.6 cm³/mol. The Balaban J connectivity index is 2.31. The maximum Gasteiger partial charge on any atom is 0.407 e. The first-order valence-corrected chi connectivity index (χ1v) is 5.58. The second-order valence-corrected chi connectivity index (χ2v) is 4.25. The van der Waals surface area contributed by atoms with Gasteiger partial charge in [0.15, 0.2) is 0 Å². The highest BCUT2D eigenvalue weighted by molar-refractivity contribution is 5.66. The van der Waals surface area contributed by atoms with Gasteiger partial charge >= 0.3 is 6.09 Å². The molecule has 2 atom stereocenters. The van der Waals surface area contributed by atoms with E-state index in [9.17, 15) is 9.90 Å². The molecule has 1 unspecified atom stereocenters. The molecule has 0 saturated carbocycles. The van der Waals surface area contributed by atoms with Crippen molar-refractivity contribution < 1.29 is 15.0 Å². The molecule has 1 heterocycles. The van der Waals surface area contributed by atoms with E-state index in [-0.39, 0.29) is 6.54 Å². The van der Waals surface area contributed by atoms with E-state index in [1.165, 1.54) is 4.90 Å². The second-order valence-electron chi connectivity index (χ2n) is 4.25. The normalized spacial score (nSPS) is 20.8. The van der Waals surface area contributed by atoms with E-state index in [0.29, 0.717) is 13.0 Å². The molecule has 1 amide bonds. The molecule has 1 aliphatic heterocycles.